The quantitative estimate of drug-likeness (QED) is 0.910. The molecule has 112 valence electrons. The Morgan fingerprint density at radius 3 is 2.81 bits per heavy atom. The van der Waals surface area contributed by atoms with Gasteiger partial charge >= 0.3 is 0 Å². The van der Waals surface area contributed by atoms with Crippen LogP contribution in [0.15, 0.2) is 0 Å². The Kier molecular flexibility index (Phi) is 3.80. The highest BCUT2D eigenvalue weighted by Crippen LogP contribution is 2.34. The number of aryl methyl sites for hydroxylation is 2. The Hall–Kier alpha value is -1.69. The molecule has 0 spiro atoms. The maximum Gasteiger partial charge on any atom is 0.263 e. The molecule has 2 heterocycles. The summed E-state index contributed by atoms with van der Waals surface area (Å²) in [5.41, 5.74) is 8.55. The van der Waals surface area contributed by atoms with Crippen LogP contribution >= 0.6 is 11.3 Å². The fourth-order valence-corrected chi connectivity index (χ4v) is 3.68. The molecule has 5 nitrogen and oxygen atoms in total. The van der Waals surface area contributed by atoms with Crippen molar-refractivity contribution in [3.8, 4) is 0 Å². The molecule has 2 aromatic rings. The lowest BCUT2D eigenvalue weighted by molar-refractivity contribution is 0.0954. The van der Waals surface area contributed by atoms with Crippen LogP contribution in [-0.4, -0.2) is 22.6 Å². The molecule has 0 radical (unpaired) electrons. The SMILES string of the molecule is Cc1nnc2sc(C(=O)NCCC3CCC3)c(N)c2c1C. The van der Waals surface area contributed by atoms with Gasteiger partial charge in [-0.2, -0.15) is 5.10 Å². The molecule has 1 aliphatic carbocycles. The number of hydrogen-bond acceptors (Lipinski definition) is 5. The number of nitrogens with zero attached hydrogens (tertiary/aromatic N) is 2. The Labute approximate surface area is 127 Å². The third-order valence-electron chi connectivity index (χ3n) is 4.40. The first-order chi connectivity index (χ1) is 10.1. The Morgan fingerprint density at radius 2 is 2.14 bits per heavy atom. The van der Waals surface area contributed by atoms with Crippen molar-refractivity contribution in [1.82, 2.24) is 15.5 Å². The van der Waals surface area contributed by atoms with Crippen molar-refractivity contribution >= 4 is 33.1 Å². The highest BCUT2D eigenvalue weighted by Gasteiger charge is 2.21. The van der Waals surface area contributed by atoms with Gasteiger partial charge < -0.3 is 11.1 Å². The number of fused-ring (bicyclic) bond motifs is 1. The summed E-state index contributed by atoms with van der Waals surface area (Å²) in [6, 6.07) is 0. The minimum absolute atomic E-state index is 0.0909. The Balaban J connectivity index is 1.78. The van der Waals surface area contributed by atoms with E-state index in [1.165, 1.54) is 30.6 Å². The first-order valence-corrected chi connectivity index (χ1v) is 8.19. The molecule has 0 atom stereocenters. The van der Waals surface area contributed by atoms with Crippen molar-refractivity contribution in [2.24, 2.45) is 5.92 Å². The minimum Gasteiger partial charge on any atom is -0.397 e. The van der Waals surface area contributed by atoms with Crippen molar-refractivity contribution < 1.29 is 4.79 Å². The number of aromatic nitrogens is 2. The van der Waals surface area contributed by atoms with Crippen molar-refractivity contribution in [2.75, 3.05) is 12.3 Å². The number of rotatable bonds is 4. The van der Waals surface area contributed by atoms with Crippen LogP contribution in [-0.2, 0) is 0 Å². The van der Waals surface area contributed by atoms with Crippen molar-refractivity contribution in [3.05, 3.63) is 16.1 Å². The van der Waals surface area contributed by atoms with Gasteiger partial charge in [-0.3, -0.25) is 4.79 Å². The topological polar surface area (TPSA) is 80.9 Å². The third kappa shape index (κ3) is 2.60. The molecule has 6 heteroatoms. The van der Waals surface area contributed by atoms with Gasteiger partial charge in [0, 0.05) is 11.9 Å². The van der Waals surface area contributed by atoms with Crippen LogP contribution in [0.3, 0.4) is 0 Å². The second-order valence-corrected chi connectivity index (χ2v) is 6.78. The van der Waals surface area contributed by atoms with E-state index in [0.717, 1.165) is 40.4 Å². The summed E-state index contributed by atoms with van der Waals surface area (Å²) in [4.78, 5) is 13.6. The summed E-state index contributed by atoms with van der Waals surface area (Å²) >= 11 is 1.32. The van der Waals surface area contributed by atoms with E-state index in [2.05, 4.69) is 15.5 Å². The molecular formula is C15H20N4OS. The summed E-state index contributed by atoms with van der Waals surface area (Å²) in [7, 11) is 0. The molecule has 1 fully saturated rings. The van der Waals surface area contributed by atoms with Crippen LogP contribution in [0.4, 0.5) is 5.69 Å². The van der Waals surface area contributed by atoms with Gasteiger partial charge in [0.2, 0.25) is 0 Å². The van der Waals surface area contributed by atoms with Gasteiger partial charge in [0.25, 0.3) is 5.91 Å². The maximum absolute atomic E-state index is 12.3. The molecule has 0 bridgehead atoms. The van der Waals surface area contributed by atoms with E-state index in [9.17, 15) is 4.79 Å². The van der Waals surface area contributed by atoms with Gasteiger partial charge in [0.05, 0.1) is 11.4 Å². The second-order valence-electron chi connectivity index (χ2n) is 5.78. The van der Waals surface area contributed by atoms with E-state index < -0.39 is 0 Å². The average molecular weight is 304 g/mol. The Morgan fingerprint density at radius 1 is 1.38 bits per heavy atom. The molecule has 0 aliphatic heterocycles. The molecule has 1 aliphatic rings. The lowest BCUT2D eigenvalue weighted by Crippen LogP contribution is -2.27. The number of thiophene rings is 1. The lowest BCUT2D eigenvalue weighted by Gasteiger charge is -2.25. The number of carbonyl (C=O) groups is 1. The zero-order valence-electron chi connectivity index (χ0n) is 12.4. The van der Waals surface area contributed by atoms with Crippen molar-refractivity contribution in [1.29, 1.82) is 0 Å². The first-order valence-electron chi connectivity index (χ1n) is 7.38. The third-order valence-corrected chi connectivity index (χ3v) is 5.49. The molecule has 3 N–H and O–H groups in total. The summed E-state index contributed by atoms with van der Waals surface area (Å²) in [5, 5.41) is 12.1. The van der Waals surface area contributed by atoms with Gasteiger partial charge in [0.1, 0.15) is 9.71 Å². The number of hydrogen-bond donors (Lipinski definition) is 2. The molecule has 2 aromatic heterocycles. The lowest BCUT2D eigenvalue weighted by atomic mass is 9.83. The number of carbonyl (C=O) groups excluding carboxylic acids is 1. The van der Waals surface area contributed by atoms with Crippen molar-refractivity contribution in [2.45, 2.75) is 39.5 Å². The van der Waals surface area contributed by atoms with E-state index in [0.29, 0.717) is 10.6 Å². The molecule has 3 rings (SSSR count). The van der Waals surface area contributed by atoms with Crippen LogP contribution in [0.5, 0.6) is 0 Å². The number of anilines is 1. The first kappa shape index (κ1) is 14.3. The van der Waals surface area contributed by atoms with Crippen molar-refractivity contribution in [3.63, 3.8) is 0 Å². The maximum atomic E-state index is 12.3. The fraction of sp³-hybridized carbons (Fsp3) is 0.533. The largest absolute Gasteiger partial charge is 0.397 e. The summed E-state index contributed by atoms with van der Waals surface area (Å²) < 4.78 is 0. The average Bonchev–Trinajstić information content (AvgIpc) is 2.75. The summed E-state index contributed by atoms with van der Waals surface area (Å²) in [5.74, 6) is 0.702. The normalized spacial score (nSPS) is 15.1. The summed E-state index contributed by atoms with van der Waals surface area (Å²) in [6.07, 6.45) is 5.00. The number of nitrogens with one attached hydrogen (secondary N) is 1. The smallest absolute Gasteiger partial charge is 0.263 e. The zero-order chi connectivity index (χ0) is 15.0. The van der Waals surface area contributed by atoms with Gasteiger partial charge in [-0.25, -0.2) is 0 Å². The van der Waals surface area contributed by atoms with E-state index >= 15 is 0 Å². The van der Waals surface area contributed by atoms with Gasteiger partial charge in [0.15, 0.2) is 0 Å². The Bertz CT molecular complexity index is 691. The highest BCUT2D eigenvalue weighted by atomic mass is 32.1. The zero-order valence-corrected chi connectivity index (χ0v) is 13.2. The predicted molar refractivity (Wildman–Crippen MR) is 85.6 cm³/mol. The molecule has 0 unspecified atom stereocenters. The second kappa shape index (κ2) is 5.60. The number of nitrogen functional groups attached to an aromatic ring is 1. The molecule has 0 saturated heterocycles. The van der Waals surface area contributed by atoms with Crippen LogP contribution in [0.25, 0.3) is 10.2 Å². The standard InChI is InChI=1S/C15H20N4OS/c1-8-9(2)18-19-15-11(8)12(16)13(21-15)14(20)17-7-6-10-4-3-5-10/h10H,3-7,16H2,1-2H3,(H,17,20). The van der Waals surface area contributed by atoms with Crippen LogP contribution in [0, 0.1) is 19.8 Å². The minimum atomic E-state index is -0.0909. The van der Waals surface area contributed by atoms with Crippen LogP contribution < -0.4 is 11.1 Å². The monoisotopic (exact) mass is 304 g/mol. The highest BCUT2D eigenvalue weighted by molar-refractivity contribution is 7.21. The molecule has 1 amide bonds. The van der Waals surface area contributed by atoms with E-state index in [1.54, 1.807) is 0 Å². The van der Waals surface area contributed by atoms with Gasteiger partial charge in [-0.15, -0.1) is 16.4 Å². The van der Waals surface area contributed by atoms with E-state index in [1.807, 2.05) is 13.8 Å². The van der Waals surface area contributed by atoms with E-state index in [-0.39, 0.29) is 5.91 Å². The van der Waals surface area contributed by atoms with E-state index in [4.69, 9.17) is 5.73 Å². The fourth-order valence-electron chi connectivity index (χ4n) is 2.66. The number of amides is 1. The van der Waals surface area contributed by atoms with Gasteiger partial charge in [-0.1, -0.05) is 19.3 Å². The molecule has 0 aromatic carbocycles. The van der Waals surface area contributed by atoms with Crippen LogP contribution in [0.2, 0.25) is 0 Å². The molecule has 1 saturated carbocycles. The molecular weight excluding hydrogens is 284 g/mol. The number of nitrogens with two attached hydrogens (primary N) is 1. The van der Waals surface area contributed by atoms with Crippen LogP contribution in [0.1, 0.15) is 46.6 Å². The molecule has 21 heavy (non-hydrogen) atoms. The predicted octanol–water partition coefficient (Wildman–Crippen LogP) is 2.81. The summed E-state index contributed by atoms with van der Waals surface area (Å²) in [6.45, 7) is 4.59. The van der Waals surface area contributed by atoms with Gasteiger partial charge in [-0.05, 0) is 31.7 Å².